The number of carbonyl (C=O) groups is 1. The van der Waals surface area contributed by atoms with Gasteiger partial charge in [-0.25, -0.2) is 9.48 Å². The monoisotopic (exact) mass is 506 g/mol. The van der Waals surface area contributed by atoms with E-state index in [1.54, 1.807) is 42.5 Å². The summed E-state index contributed by atoms with van der Waals surface area (Å²) in [4.78, 5) is 11.0. The van der Waals surface area contributed by atoms with Gasteiger partial charge < -0.3 is 9.84 Å². The minimum Gasteiger partial charge on any atom is -0.487 e. The lowest BCUT2D eigenvalue weighted by Gasteiger charge is -2.12. The molecule has 5 nitrogen and oxygen atoms in total. The van der Waals surface area contributed by atoms with Crippen LogP contribution in [0.15, 0.2) is 72.8 Å². The van der Waals surface area contributed by atoms with Crippen molar-refractivity contribution in [3.63, 3.8) is 0 Å². The zero-order valence-corrected chi connectivity index (χ0v) is 18.7. The summed E-state index contributed by atoms with van der Waals surface area (Å²) in [5, 5.41) is 12.9. The highest BCUT2D eigenvalue weighted by molar-refractivity contribution is 6.37. The number of rotatable bonds is 6. The fourth-order valence-corrected chi connectivity index (χ4v) is 3.81. The number of nitrogens with zero attached hydrogens (tertiary/aromatic N) is 2. The number of carboxylic acid groups (broad SMARTS) is 1. The Balaban J connectivity index is 1.57. The molecule has 0 spiro atoms. The maximum Gasteiger partial charge on any atom is 0.435 e. The van der Waals surface area contributed by atoms with Gasteiger partial charge in [0.2, 0.25) is 0 Å². The summed E-state index contributed by atoms with van der Waals surface area (Å²) in [6.07, 6.45) is -4.66. The van der Waals surface area contributed by atoms with Crippen molar-refractivity contribution < 1.29 is 27.8 Å². The Hall–Kier alpha value is -3.49. The quantitative estimate of drug-likeness (QED) is 0.301. The molecule has 34 heavy (non-hydrogen) atoms. The van der Waals surface area contributed by atoms with E-state index in [0.717, 1.165) is 21.9 Å². The summed E-state index contributed by atoms with van der Waals surface area (Å²) in [5.74, 6) is -0.598. The van der Waals surface area contributed by atoms with Crippen LogP contribution in [0.2, 0.25) is 10.0 Å². The number of hydrogen-bond acceptors (Lipinski definition) is 3. The van der Waals surface area contributed by atoms with E-state index in [-0.39, 0.29) is 33.6 Å². The maximum atomic E-state index is 13.3. The molecule has 0 atom stereocenters. The second-order valence-electron chi connectivity index (χ2n) is 7.20. The molecule has 0 saturated carbocycles. The third-order valence-electron chi connectivity index (χ3n) is 4.93. The third kappa shape index (κ3) is 5.03. The Morgan fingerprint density at radius 2 is 1.50 bits per heavy atom. The van der Waals surface area contributed by atoms with Crippen LogP contribution in [-0.4, -0.2) is 20.9 Å². The Bertz CT molecular complexity index is 1320. The van der Waals surface area contributed by atoms with Crippen molar-refractivity contribution in [3.05, 3.63) is 99.8 Å². The number of hydrogen-bond donors (Lipinski definition) is 1. The summed E-state index contributed by atoms with van der Waals surface area (Å²) < 4.78 is 46.7. The number of alkyl halides is 3. The number of aromatic nitrogens is 2. The van der Waals surface area contributed by atoms with Gasteiger partial charge in [0.1, 0.15) is 18.0 Å². The number of ether oxygens (including phenoxy) is 1. The van der Waals surface area contributed by atoms with E-state index in [1.165, 1.54) is 24.3 Å². The minimum absolute atomic E-state index is 0.107. The molecule has 4 aromatic rings. The number of carboxylic acids is 1. The van der Waals surface area contributed by atoms with Crippen molar-refractivity contribution in [1.82, 2.24) is 9.78 Å². The van der Waals surface area contributed by atoms with Gasteiger partial charge >= 0.3 is 12.1 Å². The van der Waals surface area contributed by atoms with Gasteiger partial charge in [-0.1, -0.05) is 53.5 Å². The topological polar surface area (TPSA) is 64.3 Å². The number of benzene rings is 3. The largest absolute Gasteiger partial charge is 0.487 e. The van der Waals surface area contributed by atoms with Crippen molar-refractivity contribution in [1.29, 1.82) is 0 Å². The summed E-state index contributed by atoms with van der Waals surface area (Å²) in [5.41, 5.74) is 0.935. The fourth-order valence-electron chi connectivity index (χ4n) is 3.25. The van der Waals surface area contributed by atoms with Crippen LogP contribution in [0.1, 0.15) is 21.7 Å². The van der Waals surface area contributed by atoms with Gasteiger partial charge in [0.25, 0.3) is 0 Å². The van der Waals surface area contributed by atoms with Crippen LogP contribution in [-0.2, 0) is 12.8 Å². The molecule has 0 saturated heterocycles. The molecule has 0 aliphatic rings. The first-order chi connectivity index (χ1) is 16.1. The Morgan fingerprint density at radius 1 is 0.941 bits per heavy atom. The van der Waals surface area contributed by atoms with Gasteiger partial charge in [-0.05, 0) is 53.6 Å². The first-order valence-electron chi connectivity index (χ1n) is 9.80. The molecule has 3 aromatic carbocycles. The van der Waals surface area contributed by atoms with E-state index < -0.39 is 17.8 Å². The standard InChI is InChI=1S/C24H15Cl2F3N2O3/c25-19-2-1-3-20(26)22(19)31-17(12-21(30-31)24(27,28)29)13-34-18-10-8-15(9-11-18)14-4-6-16(7-5-14)23(32)33/h1-12H,13H2,(H,32,33). The third-order valence-corrected chi connectivity index (χ3v) is 5.54. The summed E-state index contributed by atoms with van der Waals surface area (Å²) in [6.45, 7) is -0.225. The Morgan fingerprint density at radius 3 is 2.03 bits per heavy atom. The molecule has 0 radical (unpaired) electrons. The molecule has 174 valence electrons. The molecule has 10 heteroatoms. The highest BCUT2D eigenvalue weighted by Crippen LogP contribution is 2.34. The van der Waals surface area contributed by atoms with Crippen LogP contribution < -0.4 is 4.74 Å². The number of halogens is 5. The van der Waals surface area contributed by atoms with E-state index in [2.05, 4.69) is 5.10 Å². The van der Waals surface area contributed by atoms with Gasteiger partial charge in [0.05, 0.1) is 21.3 Å². The second-order valence-corrected chi connectivity index (χ2v) is 8.01. The van der Waals surface area contributed by atoms with Crippen LogP contribution in [0.5, 0.6) is 5.75 Å². The van der Waals surface area contributed by atoms with Crippen LogP contribution in [0.3, 0.4) is 0 Å². The Labute approximate surface area is 201 Å². The van der Waals surface area contributed by atoms with E-state index in [1.807, 2.05) is 0 Å². The van der Waals surface area contributed by atoms with Crippen LogP contribution in [0.4, 0.5) is 13.2 Å². The summed E-state index contributed by atoms with van der Waals surface area (Å²) >= 11 is 12.4. The minimum atomic E-state index is -4.66. The zero-order chi connectivity index (χ0) is 24.5. The maximum absolute atomic E-state index is 13.3. The van der Waals surface area contributed by atoms with Crippen LogP contribution in [0.25, 0.3) is 16.8 Å². The van der Waals surface area contributed by atoms with Gasteiger partial charge in [-0.2, -0.15) is 18.3 Å². The molecule has 0 fully saturated rings. The van der Waals surface area contributed by atoms with Crippen LogP contribution in [0, 0.1) is 0 Å². The van der Waals surface area contributed by atoms with E-state index in [9.17, 15) is 18.0 Å². The molecule has 0 bridgehead atoms. The first-order valence-corrected chi connectivity index (χ1v) is 10.6. The molecule has 0 unspecified atom stereocenters. The van der Waals surface area contributed by atoms with Gasteiger partial charge in [-0.3, -0.25) is 0 Å². The lowest BCUT2D eigenvalue weighted by Crippen LogP contribution is -2.09. The second kappa shape index (κ2) is 9.40. The van der Waals surface area contributed by atoms with Crippen molar-refractivity contribution in [3.8, 4) is 22.6 Å². The highest BCUT2D eigenvalue weighted by atomic mass is 35.5. The highest BCUT2D eigenvalue weighted by Gasteiger charge is 2.35. The molecular formula is C24H15Cl2F3N2O3. The van der Waals surface area contributed by atoms with Crippen molar-refractivity contribution in [2.24, 2.45) is 0 Å². The van der Waals surface area contributed by atoms with E-state index in [0.29, 0.717) is 5.75 Å². The van der Waals surface area contributed by atoms with Gasteiger partial charge in [-0.15, -0.1) is 0 Å². The predicted octanol–water partition coefficient (Wildman–Crippen LogP) is 7.14. The van der Waals surface area contributed by atoms with E-state index in [4.69, 9.17) is 33.0 Å². The number of aromatic carboxylic acids is 1. The molecule has 0 aliphatic carbocycles. The summed E-state index contributed by atoms with van der Waals surface area (Å²) in [6, 6.07) is 18.7. The number of para-hydroxylation sites is 1. The van der Waals surface area contributed by atoms with Crippen LogP contribution >= 0.6 is 23.2 Å². The summed E-state index contributed by atoms with van der Waals surface area (Å²) in [7, 11) is 0. The smallest absolute Gasteiger partial charge is 0.435 e. The van der Waals surface area contributed by atoms with Crippen molar-refractivity contribution >= 4 is 29.2 Å². The Kier molecular flexibility index (Phi) is 6.54. The SMILES string of the molecule is O=C(O)c1ccc(-c2ccc(OCc3cc(C(F)(F)F)nn3-c3c(Cl)cccc3Cl)cc2)cc1. The van der Waals surface area contributed by atoms with Gasteiger partial charge in [0, 0.05) is 0 Å². The zero-order valence-electron chi connectivity index (χ0n) is 17.2. The average Bonchev–Trinajstić information content (AvgIpc) is 3.22. The molecular weight excluding hydrogens is 492 g/mol. The lowest BCUT2D eigenvalue weighted by molar-refractivity contribution is -0.141. The molecule has 1 aromatic heterocycles. The molecule has 0 aliphatic heterocycles. The molecule has 0 amide bonds. The normalized spacial score (nSPS) is 11.4. The fraction of sp³-hybridized carbons (Fsp3) is 0.0833. The predicted molar refractivity (Wildman–Crippen MR) is 122 cm³/mol. The van der Waals surface area contributed by atoms with Crippen molar-refractivity contribution in [2.45, 2.75) is 12.8 Å². The van der Waals surface area contributed by atoms with Gasteiger partial charge in [0.15, 0.2) is 5.69 Å². The molecule has 1 heterocycles. The lowest BCUT2D eigenvalue weighted by atomic mass is 10.0. The average molecular weight is 507 g/mol. The molecule has 4 rings (SSSR count). The molecule has 1 N–H and O–H groups in total. The van der Waals surface area contributed by atoms with Crippen molar-refractivity contribution in [2.75, 3.05) is 0 Å². The first kappa shape index (κ1) is 23.7. The van der Waals surface area contributed by atoms with E-state index >= 15 is 0 Å².